The molecule has 5 heteroatoms. The summed E-state index contributed by atoms with van der Waals surface area (Å²) in [6.45, 7) is 3.97. The van der Waals surface area contributed by atoms with E-state index in [9.17, 15) is 9.59 Å². The molecule has 0 saturated carbocycles. The Labute approximate surface area is 121 Å². The smallest absolute Gasteiger partial charge is 0.303 e. The highest BCUT2D eigenvalue weighted by Gasteiger charge is 2.22. The summed E-state index contributed by atoms with van der Waals surface area (Å²) in [4.78, 5) is 24.1. The molecule has 0 bridgehead atoms. The summed E-state index contributed by atoms with van der Waals surface area (Å²) in [5, 5.41) is 8.84. The lowest BCUT2D eigenvalue weighted by atomic mass is 10.00. The Hall–Kier alpha value is -1.36. The Balaban J connectivity index is 2.99. The minimum Gasteiger partial charge on any atom is -0.481 e. The molecule has 0 radical (unpaired) electrons. The van der Waals surface area contributed by atoms with Crippen molar-refractivity contribution in [2.24, 2.45) is 0 Å². The quantitative estimate of drug-likeness (QED) is 0.872. The first-order valence-electron chi connectivity index (χ1n) is 6.20. The number of carboxylic acid groups (broad SMARTS) is 1. The molecule has 104 valence electrons. The summed E-state index contributed by atoms with van der Waals surface area (Å²) < 4.78 is 0.958. The lowest BCUT2D eigenvalue weighted by molar-refractivity contribution is -0.138. The molecule has 0 heterocycles. The van der Waals surface area contributed by atoms with Crippen molar-refractivity contribution in [3.8, 4) is 0 Å². The van der Waals surface area contributed by atoms with E-state index < -0.39 is 5.97 Å². The molecule has 0 saturated heterocycles. The third-order valence-electron chi connectivity index (χ3n) is 3.01. The molecular formula is C14H18BrNO3. The Morgan fingerprint density at radius 2 is 1.89 bits per heavy atom. The van der Waals surface area contributed by atoms with Crippen molar-refractivity contribution in [2.45, 2.75) is 32.7 Å². The summed E-state index contributed by atoms with van der Waals surface area (Å²) in [6.07, 6.45) is 0.467. The average molecular weight is 328 g/mol. The van der Waals surface area contributed by atoms with Crippen molar-refractivity contribution < 1.29 is 14.7 Å². The first-order valence-corrected chi connectivity index (χ1v) is 6.99. The third-order valence-corrected chi connectivity index (χ3v) is 3.54. The molecule has 1 N–H and O–H groups in total. The van der Waals surface area contributed by atoms with Crippen LogP contribution in [0.1, 0.15) is 38.3 Å². The van der Waals surface area contributed by atoms with Crippen molar-refractivity contribution in [2.75, 3.05) is 6.54 Å². The van der Waals surface area contributed by atoms with Crippen molar-refractivity contribution in [3.63, 3.8) is 0 Å². The van der Waals surface area contributed by atoms with Gasteiger partial charge in [-0.3, -0.25) is 9.59 Å². The average Bonchev–Trinajstić information content (AvgIpc) is 2.35. The monoisotopic (exact) mass is 327 g/mol. The highest BCUT2D eigenvalue weighted by atomic mass is 79.9. The zero-order chi connectivity index (χ0) is 14.4. The van der Waals surface area contributed by atoms with Crippen molar-refractivity contribution in [3.05, 3.63) is 34.3 Å². The molecule has 0 aliphatic rings. The number of hydrogen-bond donors (Lipinski definition) is 1. The van der Waals surface area contributed by atoms with Crippen LogP contribution in [0.5, 0.6) is 0 Å². The van der Waals surface area contributed by atoms with Gasteiger partial charge in [-0.05, 0) is 31.0 Å². The molecule has 0 fully saturated rings. The maximum atomic E-state index is 11.7. The maximum Gasteiger partial charge on any atom is 0.303 e. The summed E-state index contributed by atoms with van der Waals surface area (Å²) in [5.74, 6) is -0.887. The van der Waals surface area contributed by atoms with E-state index in [1.807, 2.05) is 31.2 Å². The number of hydrogen-bond acceptors (Lipinski definition) is 2. The molecule has 0 aliphatic heterocycles. The van der Waals surface area contributed by atoms with Crippen LogP contribution in [0.25, 0.3) is 0 Å². The Kier molecular flexibility index (Phi) is 6.02. The van der Waals surface area contributed by atoms with Crippen molar-refractivity contribution in [1.82, 2.24) is 4.90 Å². The number of benzene rings is 1. The number of halogens is 1. The van der Waals surface area contributed by atoms with Crippen LogP contribution in [-0.2, 0) is 9.59 Å². The van der Waals surface area contributed by atoms with E-state index in [1.54, 1.807) is 4.90 Å². The fraction of sp³-hybridized carbons (Fsp3) is 0.429. The summed E-state index contributed by atoms with van der Waals surface area (Å²) in [6, 6.07) is 7.45. The molecule has 4 nitrogen and oxygen atoms in total. The lowest BCUT2D eigenvalue weighted by Gasteiger charge is -2.30. The molecule has 1 aromatic rings. The van der Waals surface area contributed by atoms with Crippen LogP contribution in [0.15, 0.2) is 28.7 Å². The van der Waals surface area contributed by atoms with E-state index in [1.165, 1.54) is 6.92 Å². The number of rotatable bonds is 6. The SMILES string of the molecule is CCN(C(C)=O)C(CCC(=O)O)c1ccc(Br)cc1. The van der Waals surface area contributed by atoms with E-state index in [0.717, 1.165) is 10.0 Å². The number of amides is 1. The number of carbonyl (C=O) groups excluding carboxylic acids is 1. The molecule has 0 aromatic heterocycles. The van der Waals surface area contributed by atoms with Crippen LogP contribution in [0.3, 0.4) is 0 Å². The number of nitrogens with zero attached hydrogens (tertiary/aromatic N) is 1. The summed E-state index contributed by atoms with van der Waals surface area (Å²) in [5.41, 5.74) is 0.960. The van der Waals surface area contributed by atoms with E-state index >= 15 is 0 Å². The fourth-order valence-electron chi connectivity index (χ4n) is 2.11. The van der Waals surface area contributed by atoms with E-state index in [4.69, 9.17) is 5.11 Å². The van der Waals surface area contributed by atoms with Gasteiger partial charge >= 0.3 is 5.97 Å². The largest absolute Gasteiger partial charge is 0.481 e. The van der Waals surface area contributed by atoms with Crippen LogP contribution < -0.4 is 0 Å². The van der Waals surface area contributed by atoms with Gasteiger partial charge in [-0.25, -0.2) is 0 Å². The van der Waals surface area contributed by atoms with E-state index in [2.05, 4.69) is 15.9 Å². The van der Waals surface area contributed by atoms with E-state index in [-0.39, 0.29) is 18.4 Å². The number of aliphatic carboxylic acids is 1. The topological polar surface area (TPSA) is 57.6 Å². The molecule has 0 aliphatic carbocycles. The van der Waals surface area contributed by atoms with Crippen molar-refractivity contribution >= 4 is 27.8 Å². The first kappa shape index (κ1) is 15.7. The minimum atomic E-state index is -0.846. The van der Waals surface area contributed by atoms with Gasteiger partial charge in [0.25, 0.3) is 0 Å². The first-order chi connectivity index (χ1) is 8.95. The van der Waals surface area contributed by atoms with Gasteiger partial charge in [0.2, 0.25) is 5.91 Å². The van der Waals surface area contributed by atoms with Gasteiger partial charge in [0.15, 0.2) is 0 Å². The second-order valence-corrected chi connectivity index (χ2v) is 5.22. The van der Waals surface area contributed by atoms with Crippen molar-refractivity contribution in [1.29, 1.82) is 0 Å². The molecule has 1 unspecified atom stereocenters. The molecule has 1 amide bonds. The molecule has 1 rings (SSSR count). The van der Waals surface area contributed by atoms with Crippen LogP contribution >= 0.6 is 15.9 Å². The van der Waals surface area contributed by atoms with Gasteiger partial charge in [0.05, 0.1) is 6.04 Å². The number of carbonyl (C=O) groups is 2. The molecular weight excluding hydrogens is 310 g/mol. The Bertz CT molecular complexity index is 445. The zero-order valence-electron chi connectivity index (χ0n) is 11.1. The van der Waals surface area contributed by atoms with Crippen LogP contribution in [0.2, 0.25) is 0 Å². The van der Waals surface area contributed by atoms with E-state index in [0.29, 0.717) is 13.0 Å². The van der Waals surface area contributed by atoms with Gasteiger partial charge in [0.1, 0.15) is 0 Å². The second kappa shape index (κ2) is 7.28. The minimum absolute atomic E-state index is 0.0409. The predicted molar refractivity (Wildman–Crippen MR) is 76.8 cm³/mol. The van der Waals surface area contributed by atoms with Crippen LogP contribution in [-0.4, -0.2) is 28.4 Å². The highest BCUT2D eigenvalue weighted by molar-refractivity contribution is 9.10. The second-order valence-electron chi connectivity index (χ2n) is 4.30. The van der Waals surface area contributed by atoms with Gasteiger partial charge in [-0.2, -0.15) is 0 Å². The van der Waals surface area contributed by atoms with Gasteiger partial charge in [-0.1, -0.05) is 28.1 Å². The summed E-state index contributed by atoms with van der Waals surface area (Å²) >= 11 is 3.37. The van der Waals surface area contributed by atoms with Gasteiger partial charge < -0.3 is 10.0 Å². The Morgan fingerprint density at radius 3 is 2.32 bits per heavy atom. The van der Waals surface area contributed by atoms with Crippen LogP contribution in [0, 0.1) is 0 Å². The summed E-state index contributed by atoms with van der Waals surface area (Å²) in [7, 11) is 0. The molecule has 1 aromatic carbocycles. The molecule has 19 heavy (non-hydrogen) atoms. The standard InChI is InChI=1S/C14H18BrNO3/c1-3-16(10(2)17)13(8-9-14(18)19)11-4-6-12(15)7-5-11/h4-7,13H,3,8-9H2,1-2H3,(H,18,19). The normalized spacial score (nSPS) is 11.9. The van der Waals surface area contributed by atoms with Crippen LogP contribution in [0.4, 0.5) is 0 Å². The maximum absolute atomic E-state index is 11.7. The Morgan fingerprint density at radius 1 is 1.32 bits per heavy atom. The van der Waals surface area contributed by atoms with Gasteiger partial charge in [-0.15, -0.1) is 0 Å². The third kappa shape index (κ3) is 4.67. The molecule has 0 spiro atoms. The fourth-order valence-corrected chi connectivity index (χ4v) is 2.37. The lowest BCUT2D eigenvalue weighted by Crippen LogP contribution is -2.33. The highest BCUT2D eigenvalue weighted by Crippen LogP contribution is 2.27. The zero-order valence-corrected chi connectivity index (χ0v) is 12.7. The molecule has 1 atom stereocenters. The van der Waals surface area contributed by atoms with Gasteiger partial charge in [0, 0.05) is 24.4 Å². The predicted octanol–water partition coefficient (Wildman–Crippen LogP) is 3.22. The number of carboxylic acids is 1.